The van der Waals surface area contributed by atoms with Crippen LogP contribution in [0.2, 0.25) is 0 Å². The Bertz CT molecular complexity index is 432. The largest absolute Gasteiger partial charge is 0.484 e. The van der Waals surface area contributed by atoms with E-state index in [1.807, 2.05) is 38.1 Å². The Balaban J connectivity index is 2.51. The molecular weight excluding hydrogens is 341 g/mol. The van der Waals surface area contributed by atoms with Crippen molar-refractivity contribution in [1.82, 2.24) is 4.90 Å². The van der Waals surface area contributed by atoms with Gasteiger partial charge in [0.05, 0.1) is 0 Å². The molecule has 4 heteroatoms. The smallest absolute Gasteiger partial charge is 0.260 e. The van der Waals surface area contributed by atoms with Crippen molar-refractivity contribution in [3.8, 4) is 5.75 Å². The van der Waals surface area contributed by atoms with E-state index in [1.54, 1.807) is 4.90 Å². The number of benzene rings is 1. The fourth-order valence-corrected chi connectivity index (χ4v) is 2.01. The topological polar surface area (TPSA) is 29.5 Å². The monoisotopic (exact) mass is 359 g/mol. The van der Waals surface area contributed by atoms with Gasteiger partial charge in [0.1, 0.15) is 5.75 Å². The van der Waals surface area contributed by atoms with E-state index in [0.717, 1.165) is 14.9 Å². The number of amides is 1. The molecule has 0 N–H and O–H groups in total. The number of carbonyl (C=O) groups is 1. The SMILES string of the molecule is C=C(C)CN(CC)C(=O)COc1cccc(I)c1. The predicted molar refractivity (Wildman–Crippen MR) is 81.7 cm³/mol. The van der Waals surface area contributed by atoms with Crippen molar-refractivity contribution in [1.29, 1.82) is 0 Å². The molecule has 0 fully saturated rings. The van der Waals surface area contributed by atoms with E-state index in [2.05, 4.69) is 29.2 Å². The number of hydrogen-bond donors (Lipinski definition) is 0. The fourth-order valence-electron chi connectivity index (χ4n) is 1.50. The van der Waals surface area contributed by atoms with Gasteiger partial charge in [0, 0.05) is 16.7 Å². The molecule has 1 aromatic rings. The van der Waals surface area contributed by atoms with Crippen molar-refractivity contribution in [2.45, 2.75) is 13.8 Å². The second-order valence-electron chi connectivity index (χ2n) is 4.11. The summed E-state index contributed by atoms with van der Waals surface area (Å²) in [5.74, 6) is 0.709. The highest BCUT2D eigenvalue weighted by Gasteiger charge is 2.12. The molecule has 3 nitrogen and oxygen atoms in total. The van der Waals surface area contributed by atoms with Gasteiger partial charge in [0.15, 0.2) is 6.61 Å². The zero-order valence-electron chi connectivity index (χ0n) is 10.8. The Labute approximate surface area is 122 Å². The Morgan fingerprint density at radius 3 is 2.78 bits per heavy atom. The molecule has 0 aliphatic heterocycles. The van der Waals surface area contributed by atoms with Crippen molar-refractivity contribution >= 4 is 28.5 Å². The number of nitrogens with zero attached hydrogens (tertiary/aromatic N) is 1. The van der Waals surface area contributed by atoms with Gasteiger partial charge in [-0.2, -0.15) is 0 Å². The average Bonchev–Trinajstić information content (AvgIpc) is 2.33. The molecule has 1 rings (SSSR count). The second kappa shape index (κ2) is 7.41. The van der Waals surface area contributed by atoms with E-state index in [4.69, 9.17) is 4.74 Å². The molecule has 0 bridgehead atoms. The maximum absolute atomic E-state index is 11.9. The molecule has 0 aromatic heterocycles. The van der Waals surface area contributed by atoms with Gasteiger partial charge in [-0.05, 0) is 54.6 Å². The first-order valence-electron chi connectivity index (χ1n) is 5.83. The van der Waals surface area contributed by atoms with Crippen LogP contribution in [-0.2, 0) is 4.79 Å². The Morgan fingerprint density at radius 2 is 2.22 bits per heavy atom. The van der Waals surface area contributed by atoms with Crippen LogP contribution >= 0.6 is 22.6 Å². The summed E-state index contributed by atoms with van der Waals surface area (Å²) in [4.78, 5) is 13.7. The van der Waals surface area contributed by atoms with Gasteiger partial charge in [0.25, 0.3) is 5.91 Å². The van der Waals surface area contributed by atoms with Crippen molar-refractivity contribution in [2.24, 2.45) is 0 Å². The lowest BCUT2D eigenvalue weighted by atomic mass is 10.3. The zero-order valence-corrected chi connectivity index (χ0v) is 12.9. The molecule has 1 aromatic carbocycles. The number of halogens is 1. The molecule has 98 valence electrons. The van der Waals surface area contributed by atoms with Gasteiger partial charge in [-0.3, -0.25) is 4.79 Å². The quantitative estimate of drug-likeness (QED) is 0.577. The Hall–Kier alpha value is -1.04. The van der Waals surface area contributed by atoms with Crippen LogP contribution in [0.1, 0.15) is 13.8 Å². The lowest BCUT2D eigenvalue weighted by molar-refractivity contribution is -0.132. The summed E-state index contributed by atoms with van der Waals surface area (Å²) in [5, 5.41) is 0. The molecule has 0 heterocycles. The molecule has 0 aliphatic rings. The molecule has 0 saturated carbocycles. The van der Waals surface area contributed by atoms with Crippen LogP contribution < -0.4 is 4.74 Å². The second-order valence-corrected chi connectivity index (χ2v) is 5.36. The Morgan fingerprint density at radius 1 is 1.50 bits per heavy atom. The lowest BCUT2D eigenvalue weighted by Crippen LogP contribution is -2.35. The van der Waals surface area contributed by atoms with E-state index in [-0.39, 0.29) is 12.5 Å². The van der Waals surface area contributed by atoms with E-state index >= 15 is 0 Å². The lowest BCUT2D eigenvalue weighted by Gasteiger charge is -2.21. The van der Waals surface area contributed by atoms with E-state index in [0.29, 0.717) is 13.1 Å². The molecule has 1 amide bonds. The van der Waals surface area contributed by atoms with Gasteiger partial charge >= 0.3 is 0 Å². The highest BCUT2D eigenvalue weighted by Crippen LogP contribution is 2.14. The molecule has 18 heavy (non-hydrogen) atoms. The van der Waals surface area contributed by atoms with Gasteiger partial charge in [-0.15, -0.1) is 0 Å². The molecule has 0 radical (unpaired) electrons. The van der Waals surface area contributed by atoms with Gasteiger partial charge in [0.2, 0.25) is 0 Å². The number of hydrogen-bond acceptors (Lipinski definition) is 2. The fraction of sp³-hybridized carbons (Fsp3) is 0.357. The third-order valence-electron chi connectivity index (χ3n) is 2.35. The summed E-state index contributed by atoms with van der Waals surface area (Å²) < 4.78 is 6.58. The minimum absolute atomic E-state index is 0.0145. The molecular formula is C14H18INO2. The van der Waals surface area contributed by atoms with E-state index in [9.17, 15) is 4.79 Å². The van der Waals surface area contributed by atoms with Crippen LogP contribution in [0.5, 0.6) is 5.75 Å². The molecule has 0 spiro atoms. The molecule has 0 unspecified atom stereocenters. The van der Waals surface area contributed by atoms with E-state index in [1.165, 1.54) is 0 Å². The minimum Gasteiger partial charge on any atom is -0.484 e. The first-order valence-corrected chi connectivity index (χ1v) is 6.91. The zero-order chi connectivity index (χ0) is 13.5. The third-order valence-corrected chi connectivity index (χ3v) is 3.02. The maximum Gasteiger partial charge on any atom is 0.260 e. The van der Waals surface area contributed by atoms with Crippen LogP contribution in [0.15, 0.2) is 36.4 Å². The van der Waals surface area contributed by atoms with Crippen molar-refractivity contribution in [3.63, 3.8) is 0 Å². The van der Waals surface area contributed by atoms with Gasteiger partial charge < -0.3 is 9.64 Å². The molecule has 0 aliphatic carbocycles. The van der Waals surface area contributed by atoms with Crippen molar-refractivity contribution in [3.05, 3.63) is 40.0 Å². The van der Waals surface area contributed by atoms with Crippen LogP contribution in [-0.4, -0.2) is 30.5 Å². The van der Waals surface area contributed by atoms with Crippen molar-refractivity contribution < 1.29 is 9.53 Å². The number of carbonyl (C=O) groups excluding carboxylic acids is 1. The number of ether oxygens (including phenoxy) is 1. The third kappa shape index (κ3) is 5.08. The highest BCUT2D eigenvalue weighted by atomic mass is 127. The van der Waals surface area contributed by atoms with Crippen LogP contribution in [0.4, 0.5) is 0 Å². The first-order chi connectivity index (χ1) is 8.52. The van der Waals surface area contributed by atoms with Gasteiger partial charge in [-0.1, -0.05) is 18.2 Å². The predicted octanol–water partition coefficient (Wildman–Crippen LogP) is 3.09. The number of rotatable bonds is 6. The minimum atomic E-state index is -0.0145. The summed E-state index contributed by atoms with van der Waals surface area (Å²) in [6.07, 6.45) is 0. The van der Waals surface area contributed by atoms with Crippen LogP contribution in [0.3, 0.4) is 0 Å². The summed E-state index contributed by atoms with van der Waals surface area (Å²) in [6, 6.07) is 7.65. The van der Waals surface area contributed by atoms with Gasteiger partial charge in [-0.25, -0.2) is 0 Å². The van der Waals surface area contributed by atoms with E-state index < -0.39 is 0 Å². The first kappa shape index (κ1) is 15.0. The standard InChI is InChI=1S/C14H18INO2/c1-4-16(9-11(2)3)14(17)10-18-13-7-5-6-12(15)8-13/h5-8H,2,4,9-10H2,1,3H3. The summed E-state index contributed by atoms with van der Waals surface area (Å²) in [6.45, 7) is 9.01. The number of likely N-dealkylation sites (N-methyl/N-ethyl adjacent to an activating group) is 1. The highest BCUT2D eigenvalue weighted by molar-refractivity contribution is 14.1. The normalized spacial score (nSPS) is 9.94. The Kier molecular flexibility index (Phi) is 6.18. The molecule has 0 atom stereocenters. The summed E-state index contributed by atoms with van der Waals surface area (Å²) in [7, 11) is 0. The summed E-state index contributed by atoms with van der Waals surface area (Å²) >= 11 is 2.21. The maximum atomic E-state index is 11.9. The van der Waals surface area contributed by atoms with Crippen LogP contribution in [0, 0.1) is 3.57 Å². The summed E-state index contributed by atoms with van der Waals surface area (Å²) in [5.41, 5.74) is 0.972. The van der Waals surface area contributed by atoms with Crippen LogP contribution in [0.25, 0.3) is 0 Å². The average molecular weight is 359 g/mol. The molecule has 0 saturated heterocycles. The van der Waals surface area contributed by atoms with Crippen molar-refractivity contribution in [2.75, 3.05) is 19.7 Å².